The van der Waals surface area contributed by atoms with Crippen LogP contribution >= 0.6 is 23.2 Å². The minimum atomic E-state index is -5.07. The first-order chi connectivity index (χ1) is 24.7. The van der Waals surface area contributed by atoms with Crippen LogP contribution in [0.1, 0.15) is 17.0 Å². The molecule has 0 aliphatic rings. The van der Waals surface area contributed by atoms with Crippen molar-refractivity contribution in [2.45, 2.75) is 15.7 Å². The van der Waals surface area contributed by atoms with Gasteiger partial charge < -0.3 is 10.4 Å². The number of nitro benzene ring substituents is 1. The molecule has 264 valence electrons. The zero-order valence-electron chi connectivity index (χ0n) is 26.2. The van der Waals surface area contributed by atoms with Crippen molar-refractivity contribution in [3.05, 3.63) is 135 Å². The monoisotopic (exact) mass is 779 g/mol. The summed E-state index contributed by atoms with van der Waals surface area (Å²) in [5.41, 5.74) is -0.312. The second-order valence-electron chi connectivity index (χ2n) is 11.0. The number of azo groups is 1. The summed E-state index contributed by atoms with van der Waals surface area (Å²) in [6, 6.07) is 25.3. The highest BCUT2D eigenvalue weighted by Gasteiger charge is 2.32. The van der Waals surface area contributed by atoms with Gasteiger partial charge in [-0.15, -0.1) is 5.11 Å². The molecular formula is C33H23Cl2N7O8S2. The van der Waals surface area contributed by atoms with Crippen molar-refractivity contribution < 1.29 is 31.4 Å². The Morgan fingerprint density at radius 1 is 0.808 bits per heavy atom. The van der Waals surface area contributed by atoms with Gasteiger partial charge in [0.2, 0.25) is 16.5 Å². The number of phenols is 1. The van der Waals surface area contributed by atoms with E-state index in [-0.39, 0.29) is 44.2 Å². The molecule has 5 aromatic carbocycles. The number of rotatable bonds is 11. The lowest BCUT2D eigenvalue weighted by atomic mass is 9.92. The summed E-state index contributed by atoms with van der Waals surface area (Å²) in [6.07, 6.45) is 0. The number of hydrogen-bond acceptors (Lipinski definition) is 13. The number of halogens is 2. The fourth-order valence-electron chi connectivity index (χ4n) is 5.44. The van der Waals surface area contributed by atoms with E-state index in [1.165, 1.54) is 24.3 Å². The number of nitrogens with one attached hydrogen (secondary N) is 1. The van der Waals surface area contributed by atoms with Crippen LogP contribution in [0.15, 0.2) is 123 Å². The first-order valence-electron chi connectivity index (χ1n) is 14.8. The molecule has 0 aliphatic carbocycles. The summed E-state index contributed by atoms with van der Waals surface area (Å²) in [4.78, 5) is 21.7. The van der Waals surface area contributed by atoms with Crippen LogP contribution in [-0.2, 0) is 20.0 Å². The predicted octanol–water partition coefficient (Wildman–Crippen LogP) is 7.96. The van der Waals surface area contributed by atoms with E-state index in [0.29, 0.717) is 11.3 Å². The van der Waals surface area contributed by atoms with Crippen molar-refractivity contribution in [1.82, 2.24) is 15.0 Å². The van der Waals surface area contributed by atoms with Crippen LogP contribution in [0.2, 0.25) is 10.6 Å². The largest absolute Gasteiger partial charge is 0.505 e. The van der Waals surface area contributed by atoms with Crippen molar-refractivity contribution in [1.29, 1.82) is 0 Å². The van der Waals surface area contributed by atoms with Crippen molar-refractivity contribution in [3.63, 3.8) is 0 Å². The van der Waals surface area contributed by atoms with E-state index in [1.54, 1.807) is 66.7 Å². The van der Waals surface area contributed by atoms with Gasteiger partial charge in [-0.3, -0.25) is 14.7 Å². The first-order valence-corrected chi connectivity index (χ1v) is 18.7. The Labute approximate surface area is 305 Å². The molecule has 0 radical (unpaired) electrons. The Balaban J connectivity index is 1.59. The van der Waals surface area contributed by atoms with Gasteiger partial charge >= 0.3 is 0 Å². The lowest BCUT2D eigenvalue weighted by molar-refractivity contribution is -0.385. The Morgan fingerprint density at radius 3 is 2.04 bits per heavy atom. The molecule has 6 aromatic rings. The average molecular weight is 781 g/mol. The number of sulfone groups is 1. The number of benzene rings is 5. The van der Waals surface area contributed by atoms with Crippen LogP contribution in [0.3, 0.4) is 0 Å². The van der Waals surface area contributed by atoms with Gasteiger partial charge in [0.1, 0.15) is 10.6 Å². The maximum Gasteiger partial charge on any atom is 0.296 e. The predicted molar refractivity (Wildman–Crippen MR) is 193 cm³/mol. The highest BCUT2D eigenvalue weighted by molar-refractivity contribution is 7.91. The van der Waals surface area contributed by atoms with Crippen molar-refractivity contribution in [3.8, 4) is 5.75 Å². The number of aromatic hydroxyl groups is 1. The summed E-state index contributed by atoms with van der Waals surface area (Å²) < 4.78 is 64.4. The Kier molecular flexibility index (Phi) is 10.1. The summed E-state index contributed by atoms with van der Waals surface area (Å²) in [6.45, 7) is 0. The molecule has 0 amide bonds. The summed E-state index contributed by atoms with van der Waals surface area (Å²) >= 11 is 11.9. The van der Waals surface area contributed by atoms with Crippen LogP contribution in [0.25, 0.3) is 10.8 Å². The van der Waals surface area contributed by atoms with Crippen LogP contribution in [0, 0.1) is 10.1 Å². The van der Waals surface area contributed by atoms with E-state index in [1.807, 2.05) is 0 Å². The van der Waals surface area contributed by atoms with Crippen molar-refractivity contribution in [2.75, 3.05) is 11.1 Å². The van der Waals surface area contributed by atoms with Gasteiger partial charge in [-0.2, -0.15) is 28.5 Å². The lowest BCUT2D eigenvalue weighted by Gasteiger charge is -2.20. The summed E-state index contributed by atoms with van der Waals surface area (Å²) in [5, 5.41) is 33.1. The minimum absolute atomic E-state index is 0.119. The van der Waals surface area contributed by atoms with E-state index in [9.17, 15) is 36.6 Å². The van der Waals surface area contributed by atoms with Gasteiger partial charge in [0.05, 0.1) is 26.9 Å². The third kappa shape index (κ3) is 7.83. The molecule has 1 heterocycles. The quantitative estimate of drug-likeness (QED) is 0.0492. The number of para-hydroxylation sites is 1. The van der Waals surface area contributed by atoms with Crippen LogP contribution in [-0.4, -0.2) is 52.1 Å². The first kappa shape index (κ1) is 36.2. The lowest BCUT2D eigenvalue weighted by Crippen LogP contribution is -2.18. The molecule has 0 spiro atoms. The third-order valence-corrected chi connectivity index (χ3v) is 10.7. The number of nitro groups is 1. The number of phenolic OH excluding ortho intramolecular Hbond substituents is 1. The highest BCUT2D eigenvalue weighted by atomic mass is 35.5. The molecule has 1 unspecified atom stereocenters. The molecule has 19 heteroatoms. The van der Waals surface area contributed by atoms with E-state index < -0.39 is 57.8 Å². The zero-order chi connectivity index (χ0) is 37.2. The molecule has 15 nitrogen and oxygen atoms in total. The number of hydrogen-bond donors (Lipinski definition) is 3. The molecular weight excluding hydrogens is 757 g/mol. The molecule has 6 rings (SSSR count). The molecule has 52 heavy (non-hydrogen) atoms. The number of fused-ring (bicyclic) bond motifs is 1. The molecule has 3 N–H and O–H groups in total. The Morgan fingerprint density at radius 2 is 1.40 bits per heavy atom. The maximum absolute atomic E-state index is 14.6. The number of nitrogens with zero attached hydrogens (tertiary/aromatic N) is 6. The smallest absolute Gasteiger partial charge is 0.296 e. The summed E-state index contributed by atoms with van der Waals surface area (Å²) in [5.74, 6) is -2.86. The van der Waals surface area contributed by atoms with Crippen LogP contribution in [0.4, 0.5) is 28.7 Å². The fourth-order valence-corrected chi connectivity index (χ4v) is 8.20. The van der Waals surface area contributed by atoms with Crippen molar-refractivity contribution >= 4 is 82.6 Å². The zero-order valence-corrected chi connectivity index (χ0v) is 29.3. The molecule has 1 atom stereocenters. The van der Waals surface area contributed by atoms with Crippen LogP contribution < -0.4 is 5.32 Å². The van der Waals surface area contributed by atoms with Crippen molar-refractivity contribution in [2.24, 2.45) is 10.2 Å². The molecule has 0 saturated carbocycles. The van der Waals surface area contributed by atoms with Gasteiger partial charge in [0, 0.05) is 22.9 Å². The topological polar surface area (TPSA) is 227 Å². The second-order valence-corrected chi connectivity index (χ2v) is 15.1. The Bertz CT molecular complexity index is 2580. The molecule has 0 fully saturated rings. The summed E-state index contributed by atoms with van der Waals surface area (Å²) in [7, 11) is -9.61. The normalized spacial score (nSPS) is 12.6. The highest BCUT2D eigenvalue weighted by Crippen LogP contribution is 2.45. The fraction of sp³-hybridized carbons (Fsp3) is 0.0606. The van der Waals surface area contributed by atoms with E-state index >= 15 is 0 Å². The molecule has 1 aromatic heterocycles. The number of anilines is 2. The third-order valence-electron chi connectivity index (χ3n) is 7.71. The van der Waals surface area contributed by atoms with Gasteiger partial charge in [-0.25, -0.2) is 8.42 Å². The van der Waals surface area contributed by atoms with Gasteiger partial charge in [0.25, 0.3) is 15.8 Å². The van der Waals surface area contributed by atoms with Gasteiger partial charge in [0.15, 0.2) is 15.6 Å². The van der Waals surface area contributed by atoms with Gasteiger partial charge in [-0.05, 0) is 64.5 Å². The SMILES string of the molecule is O=[N+]([O-])c1ccccc1C(CS(=O)(=O)c1cc2cc(S(=O)(=O)O)c(N=Nc3ccccc3)c(O)c2cc1Nc1nc(Cl)nc(Cl)n1)c1ccccc1. The average Bonchev–Trinajstić information content (AvgIpc) is 3.10. The van der Waals surface area contributed by atoms with E-state index in [0.717, 1.165) is 12.1 Å². The molecule has 0 aliphatic heterocycles. The molecule has 0 bridgehead atoms. The number of aromatic nitrogens is 3. The van der Waals surface area contributed by atoms with Crippen LogP contribution in [0.5, 0.6) is 5.75 Å². The van der Waals surface area contributed by atoms with E-state index in [2.05, 4.69) is 30.5 Å². The van der Waals surface area contributed by atoms with E-state index in [4.69, 9.17) is 23.2 Å². The van der Waals surface area contributed by atoms with Gasteiger partial charge in [-0.1, -0.05) is 66.7 Å². The molecule has 0 saturated heterocycles. The minimum Gasteiger partial charge on any atom is -0.505 e. The second kappa shape index (κ2) is 14.6. The maximum atomic E-state index is 14.6. The standard InChI is InChI=1S/C33H23Cl2N7O8S2/c34-31-37-32(35)39-33(38-31)36-25-17-23-20(16-28(52(48,49)50)29(30(23)43)41-40-21-11-5-2-6-12-21)15-27(25)51(46,47)18-24(19-9-3-1-4-10-19)22-13-7-8-14-26(22)42(44)45/h1-17,24,43H,18H2,(H,48,49,50)(H,36,37,38,39). The Hall–Kier alpha value is -5.59.